The summed E-state index contributed by atoms with van der Waals surface area (Å²) in [6.07, 6.45) is 3.56. The van der Waals surface area contributed by atoms with Crippen molar-refractivity contribution < 1.29 is 24.5 Å². The van der Waals surface area contributed by atoms with Crippen LogP contribution in [-0.2, 0) is 11.2 Å². The molecule has 5 heteroatoms. The maximum atomic E-state index is 12.5. The summed E-state index contributed by atoms with van der Waals surface area (Å²) in [7, 11) is 0. The van der Waals surface area contributed by atoms with Crippen LogP contribution in [0.1, 0.15) is 11.1 Å². The second-order valence-electron chi connectivity index (χ2n) is 5.69. The number of hydrogen-bond donors (Lipinski definition) is 2. The monoisotopic (exact) mass is 310 g/mol. The Hall–Kier alpha value is -2.95. The van der Waals surface area contributed by atoms with Gasteiger partial charge in [0.1, 0.15) is 35.0 Å². The van der Waals surface area contributed by atoms with Crippen LogP contribution in [0.15, 0.2) is 42.5 Å². The van der Waals surface area contributed by atoms with Gasteiger partial charge in [-0.15, -0.1) is 0 Å². The Balaban J connectivity index is 1.75. The van der Waals surface area contributed by atoms with E-state index in [2.05, 4.69) is 0 Å². The van der Waals surface area contributed by atoms with Crippen LogP contribution in [0.2, 0.25) is 0 Å². The number of phenols is 2. The zero-order valence-electron chi connectivity index (χ0n) is 12.1. The van der Waals surface area contributed by atoms with Gasteiger partial charge in [0.25, 0.3) is 0 Å². The van der Waals surface area contributed by atoms with E-state index in [4.69, 9.17) is 9.47 Å². The summed E-state index contributed by atoms with van der Waals surface area (Å²) in [5.41, 5.74) is 1.48. The fourth-order valence-corrected chi connectivity index (χ4v) is 2.94. The van der Waals surface area contributed by atoms with Gasteiger partial charge in [0, 0.05) is 11.6 Å². The molecule has 0 saturated carbocycles. The third-order valence-electron chi connectivity index (χ3n) is 4.12. The van der Waals surface area contributed by atoms with Gasteiger partial charge in [0.05, 0.1) is 0 Å². The zero-order chi connectivity index (χ0) is 16.0. The van der Waals surface area contributed by atoms with Crippen LogP contribution in [0.4, 0.5) is 0 Å². The van der Waals surface area contributed by atoms with Crippen molar-refractivity contribution in [2.75, 3.05) is 0 Å². The number of hydrogen-bond acceptors (Lipinski definition) is 5. The molecule has 0 spiro atoms. The van der Waals surface area contributed by atoms with E-state index < -0.39 is 12.0 Å². The first-order chi connectivity index (χ1) is 11.1. The van der Waals surface area contributed by atoms with Crippen molar-refractivity contribution in [1.29, 1.82) is 0 Å². The molecule has 2 heterocycles. The predicted molar refractivity (Wildman–Crippen MR) is 82.5 cm³/mol. The number of phenolic OH excluding ortho intramolecular Hbond substituents is 2. The molecule has 5 nitrogen and oxygen atoms in total. The van der Waals surface area contributed by atoms with E-state index in [-0.39, 0.29) is 17.5 Å². The molecule has 2 aliphatic rings. The van der Waals surface area contributed by atoms with Crippen LogP contribution in [0, 0.1) is 5.92 Å². The fourth-order valence-electron chi connectivity index (χ4n) is 2.94. The largest absolute Gasteiger partial charge is 0.508 e. The second-order valence-corrected chi connectivity index (χ2v) is 5.69. The number of ether oxygens (including phenoxy) is 2. The second kappa shape index (κ2) is 5.05. The van der Waals surface area contributed by atoms with Gasteiger partial charge in [-0.2, -0.15) is 0 Å². The van der Waals surface area contributed by atoms with Gasteiger partial charge < -0.3 is 19.7 Å². The molecule has 0 fully saturated rings. The van der Waals surface area contributed by atoms with E-state index in [1.807, 2.05) is 0 Å². The number of fused-ring (bicyclic) bond motifs is 3. The molecule has 0 saturated heterocycles. The van der Waals surface area contributed by atoms with Crippen LogP contribution in [0.5, 0.6) is 23.0 Å². The Morgan fingerprint density at radius 3 is 2.65 bits per heavy atom. The van der Waals surface area contributed by atoms with E-state index in [9.17, 15) is 15.0 Å². The zero-order valence-corrected chi connectivity index (χ0v) is 12.1. The number of rotatable bonds is 0. The minimum absolute atomic E-state index is 0.0985. The van der Waals surface area contributed by atoms with E-state index in [0.29, 0.717) is 23.5 Å². The fraction of sp³-hybridized carbons (Fsp3) is 0.167. The van der Waals surface area contributed by atoms with Crippen molar-refractivity contribution in [3.8, 4) is 23.0 Å². The summed E-state index contributed by atoms with van der Waals surface area (Å²) >= 11 is 0. The first-order valence-electron chi connectivity index (χ1n) is 7.31. The summed E-state index contributed by atoms with van der Waals surface area (Å²) in [5.74, 6) is 0.381. The van der Waals surface area contributed by atoms with Gasteiger partial charge in [-0.05, 0) is 42.3 Å². The van der Waals surface area contributed by atoms with Gasteiger partial charge >= 0.3 is 5.97 Å². The van der Waals surface area contributed by atoms with Gasteiger partial charge in [-0.25, -0.2) is 0 Å². The Morgan fingerprint density at radius 1 is 1.00 bits per heavy atom. The van der Waals surface area contributed by atoms with Crippen molar-refractivity contribution in [1.82, 2.24) is 0 Å². The molecular formula is C18H14O5. The van der Waals surface area contributed by atoms with Crippen molar-refractivity contribution >= 4 is 12.0 Å². The molecule has 116 valence electrons. The Kier molecular flexibility index (Phi) is 3.01. The predicted octanol–water partition coefficient (Wildman–Crippen LogP) is 2.65. The molecule has 0 amide bonds. The van der Waals surface area contributed by atoms with Crippen molar-refractivity contribution in [2.24, 2.45) is 5.92 Å². The summed E-state index contributed by atoms with van der Waals surface area (Å²) < 4.78 is 11.3. The van der Waals surface area contributed by atoms with Crippen LogP contribution in [0.25, 0.3) is 6.08 Å². The Labute approximate surface area is 132 Å². The van der Waals surface area contributed by atoms with Gasteiger partial charge in [-0.3, -0.25) is 4.79 Å². The van der Waals surface area contributed by atoms with Gasteiger partial charge in [0.15, 0.2) is 0 Å². The topological polar surface area (TPSA) is 76.0 Å². The summed E-state index contributed by atoms with van der Waals surface area (Å²) in [6, 6.07) is 9.45. The highest BCUT2D eigenvalue weighted by Gasteiger charge is 2.36. The van der Waals surface area contributed by atoms with E-state index in [1.165, 1.54) is 12.1 Å². The first-order valence-corrected chi connectivity index (χ1v) is 7.31. The SMILES string of the molecule is O=C1Oc2ccc(O)cc2C=CC2Oc3cc(O)ccc3CC12. The van der Waals surface area contributed by atoms with Crippen LogP contribution >= 0.6 is 0 Å². The molecule has 0 aromatic heterocycles. The average molecular weight is 310 g/mol. The number of carbonyl (C=O) groups excluding carboxylic acids is 1. The maximum absolute atomic E-state index is 12.5. The highest BCUT2D eigenvalue weighted by atomic mass is 16.5. The number of aromatic hydroxyl groups is 2. The van der Waals surface area contributed by atoms with Crippen LogP contribution in [-0.4, -0.2) is 22.3 Å². The molecule has 2 atom stereocenters. The lowest BCUT2D eigenvalue weighted by Crippen LogP contribution is -2.39. The average Bonchev–Trinajstić information content (AvgIpc) is 2.52. The van der Waals surface area contributed by atoms with Crippen LogP contribution < -0.4 is 9.47 Å². The van der Waals surface area contributed by atoms with Gasteiger partial charge in [-0.1, -0.05) is 12.1 Å². The van der Waals surface area contributed by atoms with Crippen molar-refractivity contribution in [3.05, 3.63) is 53.6 Å². The minimum Gasteiger partial charge on any atom is -0.508 e. The molecule has 2 unspecified atom stereocenters. The van der Waals surface area contributed by atoms with E-state index in [1.54, 1.807) is 36.4 Å². The van der Waals surface area contributed by atoms with Gasteiger partial charge in [0.2, 0.25) is 0 Å². The first kappa shape index (κ1) is 13.7. The number of carbonyl (C=O) groups is 1. The molecule has 23 heavy (non-hydrogen) atoms. The summed E-state index contributed by atoms with van der Waals surface area (Å²) in [4.78, 5) is 12.5. The van der Waals surface area contributed by atoms with Crippen molar-refractivity contribution in [3.63, 3.8) is 0 Å². The lowest BCUT2D eigenvalue weighted by molar-refractivity contribution is -0.141. The minimum atomic E-state index is -0.479. The molecule has 2 aromatic carbocycles. The molecule has 4 rings (SSSR count). The molecule has 2 aromatic rings. The van der Waals surface area contributed by atoms with Crippen molar-refractivity contribution in [2.45, 2.75) is 12.5 Å². The number of esters is 1. The van der Waals surface area contributed by atoms with Crippen LogP contribution in [0.3, 0.4) is 0 Å². The summed E-state index contributed by atoms with van der Waals surface area (Å²) in [5, 5.41) is 19.2. The lowest BCUT2D eigenvalue weighted by atomic mass is 9.89. The smallest absolute Gasteiger partial charge is 0.318 e. The molecule has 2 aliphatic heterocycles. The Bertz CT molecular complexity index is 824. The molecular weight excluding hydrogens is 296 g/mol. The Morgan fingerprint density at radius 2 is 1.78 bits per heavy atom. The molecule has 0 bridgehead atoms. The maximum Gasteiger partial charge on any atom is 0.318 e. The third kappa shape index (κ3) is 2.40. The third-order valence-corrected chi connectivity index (χ3v) is 4.12. The molecule has 2 N–H and O–H groups in total. The number of benzene rings is 2. The van der Waals surface area contributed by atoms with E-state index in [0.717, 1.165) is 5.56 Å². The highest BCUT2D eigenvalue weighted by molar-refractivity contribution is 5.80. The molecule has 0 radical (unpaired) electrons. The normalized spacial score (nSPS) is 21.8. The standard InChI is InChI=1S/C18H14O5/c19-12-4-6-15-10(7-12)2-5-16-14(18(21)23-15)8-11-1-3-13(20)9-17(11)22-16/h1-7,9,14,16,19-20H,8H2. The lowest BCUT2D eigenvalue weighted by Gasteiger charge is -2.31. The summed E-state index contributed by atoms with van der Waals surface area (Å²) in [6.45, 7) is 0. The highest BCUT2D eigenvalue weighted by Crippen LogP contribution is 2.37. The molecule has 0 aliphatic carbocycles. The quantitative estimate of drug-likeness (QED) is 0.578. The van der Waals surface area contributed by atoms with E-state index >= 15 is 0 Å².